The summed E-state index contributed by atoms with van der Waals surface area (Å²) >= 11 is 0. The van der Waals surface area contributed by atoms with E-state index in [0.717, 1.165) is 29.3 Å². The standard InChI is InChI=1S/C14H17N3O2/c1-14(2)18-12-5-4-11(6-13(12)19-14)15-7-10-8-16-17(3)9-10/h4-6,8-9,15H,7H2,1-3H3. The molecule has 1 N–H and O–H groups in total. The Morgan fingerprint density at radius 3 is 2.79 bits per heavy atom. The number of fused-ring (bicyclic) bond motifs is 1. The van der Waals surface area contributed by atoms with E-state index in [4.69, 9.17) is 9.47 Å². The van der Waals surface area contributed by atoms with E-state index in [1.54, 1.807) is 4.68 Å². The monoisotopic (exact) mass is 259 g/mol. The summed E-state index contributed by atoms with van der Waals surface area (Å²) in [5.41, 5.74) is 2.14. The number of anilines is 1. The van der Waals surface area contributed by atoms with Crippen molar-refractivity contribution < 1.29 is 9.47 Å². The van der Waals surface area contributed by atoms with Gasteiger partial charge in [-0.05, 0) is 12.1 Å². The molecule has 0 aliphatic carbocycles. The van der Waals surface area contributed by atoms with Gasteiger partial charge in [-0.1, -0.05) is 0 Å². The maximum atomic E-state index is 5.71. The Hall–Kier alpha value is -2.17. The molecule has 1 aromatic heterocycles. The fourth-order valence-electron chi connectivity index (χ4n) is 2.10. The summed E-state index contributed by atoms with van der Waals surface area (Å²) < 4.78 is 13.2. The maximum Gasteiger partial charge on any atom is 0.246 e. The van der Waals surface area contributed by atoms with Gasteiger partial charge in [0.15, 0.2) is 11.5 Å². The number of benzene rings is 1. The molecule has 1 aromatic carbocycles. The van der Waals surface area contributed by atoms with Gasteiger partial charge in [0.25, 0.3) is 0 Å². The van der Waals surface area contributed by atoms with E-state index < -0.39 is 5.79 Å². The van der Waals surface area contributed by atoms with Crippen LogP contribution in [0.15, 0.2) is 30.6 Å². The Labute approximate surface area is 112 Å². The van der Waals surface area contributed by atoms with Crippen LogP contribution in [0.1, 0.15) is 19.4 Å². The van der Waals surface area contributed by atoms with Crippen LogP contribution in [-0.2, 0) is 13.6 Å². The molecule has 5 nitrogen and oxygen atoms in total. The lowest BCUT2D eigenvalue weighted by Gasteiger charge is -2.16. The zero-order valence-electron chi connectivity index (χ0n) is 11.3. The number of rotatable bonds is 3. The lowest BCUT2D eigenvalue weighted by Crippen LogP contribution is -2.29. The van der Waals surface area contributed by atoms with Crippen molar-refractivity contribution in [3.63, 3.8) is 0 Å². The van der Waals surface area contributed by atoms with Gasteiger partial charge in [0.1, 0.15) is 0 Å². The minimum atomic E-state index is -0.579. The highest BCUT2D eigenvalue weighted by Gasteiger charge is 2.31. The van der Waals surface area contributed by atoms with E-state index >= 15 is 0 Å². The summed E-state index contributed by atoms with van der Waals surface area (Å²) in [6.07, 6.45) is 3.84. The number of aromatic nitrogens is 2. The van der Waals surface area contributed by atoms with Gasteiger partial charge in [0.2, 0.25) is 5.79 Å². The summed E-state index contributed by atoms with van der Waals surface area (Å²) in [6.45, 7) is 4.53. The van der Waals surface area contributed by atoms with Crippen molar-refractivity contribution in [3.05, 3.63) is 36.2 Å². The first-order chi connectivity index (χ1) is 9.02. The summed E-state index contributed by atoms with van der Waals surface area (Å²) in [5.74, 6) is 0.989. The summed E-state index contributed by atoms with van der Waals surface area (Å²) in [7, 11) is 1.91. The van der Waals surface area contributed by atoms with Gasteiger partial charge in [-0.25, -0.2) is 0 Å². The molecule has 100 valence electrons. The van der Waals surface area contributed by atoms with E-state index in [2.05, 4.69) is 10.4 Å². The lowest BCUT2D eigenvalue weighted by molar-refractivity contribution is -0.0431. The molecule has 1 aliphatic heterocycles. The number of nitrogens with zero attached hydrogens (tertiary/aromatic N) is 2. The van der Waals surface area contributed by atoms with Gasteiger partial charge in [0, 0.05) is 51.0 Å². The van der Waals surface area contributed by atoms with Gasteiger partial charge in [-0.2, -0.15) is 5.10 Å². The molecular weight excluding hydrogens is 242 g/mol. The average molecular weight is 259 g/mol. The van der Waals surface area contributed by atoms with Crippen molar-refractivity contribution in [2.75, 3.05) is 5.32 Å². The first-order valence-corrected chi connectivity index (χ1v) is 6.25. The van der Waals surface area contributed by atoms with Gasteiger partial charge in [-0.15, -0.1) is 0 Å². The zero-order chi connectivity index (χ0) is 13.5. The van der Waals surface area contributed by atoms with Gasteiger partial charge < -0.3 is 14.8 Å². The van der Waals surface area contributed by atoms with Crippen molar-refractivity contribution in [1.82, 2.24) is 9.78 Å². The number of hydrogen-bond acceptors (Lipinski definition) is 4. The lowest BCUT2D eigenvalue weighted by atomic mass is 10.2. The van der Waals surface area contributed by atoms with Crippen molar-refractivity contribution >= 4 is 5.69 Å². The average Bonchev–Trinajstić information content (AvgIpc) is 2.87. The van der Waals surface area contributed by atoms with E-state index in [1.165, 1.54) is 0 Å². The normalized spacial score (nSPS) is 15.5. The van der Waals surface area contributed by atoms with E-state index in [1.807, 2.05) is 51.5 Å². The topological polar surface area (TPSA) is 48.3 Å². The molecule has 0 amide bonds. The third kappa shape index (κ3) is 2.50. The Balaban J connectivity index is 1.70. The number of hydrogen-bond donors (Lipinski definition) is 1. The van der Waals surface area contributed by atoms with Crippen LogP contribution >= 0.6 is 0 Å². The van der Waals surface area contributed by atoms with Crippen LogP contribution in [0.2, 0.25) is 0 Å². The highest BCUT2D eigenvalue weighted by Crippen LogP contribution is 2.40. The summed E-state index contributed by atoms with van der Waals surface area (Å²) in [5, 5.41) is 7.48. The second kappa shape index (κ2) is 4.19. The van der Waals surface area contributed by atoms with Crippen LogP contribution < -0.4 is 14.8 Å². The fourth-order valence-corrected chi connectivity index (χ4v) is 2.10. The summed E-state index contributed by atoms with van der Waals surface area (Å²) in [4.78, 5) is 0. The van der Waals surface area contributed by atoms with Crippen LogP contribution in [0.5, 0.6) is 11.5 Å². The second-order valence-electron chi connectivity index (χ2n) is 5.14. The van der Waals surface area contributed by atoms with E-state index in [-0.39, 0.29) is 0 Å². The molecule has 0 saturated heterocycles. The molecule has 0 spiro atoms. The third-order valence-electron chi connectivity index (χ3n) is 2.91. The van der Waals surface area contributed by atoms with Gasteiger partial charge in [-0.3, -0.25) is 4.68 Å². The van der Waals surface area contributed by atoms with Gasteiger partial charge in [0.05, 0.1) is 6.20 Å². The zero-order valence-corrected chi connectivity index (χ0v) is 11.3. The molecule has 0 unspecified atom stereocenters. The predicted molar refractivity (Wildman–Crippen MR) is 72.3 cm³/mol. The van der Waals surface area contributed by atoms with Crippen LogP contribution in [0.25, 0.3) is 0 Å². The molecule has 19 heavy (non-hydrogen) atoms. The molecule has 0 atom stereocenters. The van der Waals surface area contributed by atoms with Crippen LogP contribution in [0.4, 0.5) is 5.69 Å². The Bertz CT molecular complexity index is 604. The maximum absolute atomic E-state index is 5.71. The molecule has 2 aromatic rings. The predicted octanol–water partition coefficient (Wildman–Crippen LogP) is 2.54. The largest absolute Gasteiger partial charge is 0.449 e. The van der Waals surface area contributed by atoms with Crippen molar-refractivity contribution in [2.24, 2.45) is 7.05 Å². The highest BCUT2D eigenvalue weighted by molar-refractivity contribution is 5.56. The second-order valence-corrected chi connectivity index (χ2v) is 5.14. The third-order valence-corrected chi connectivity index (χ3v) is 2.91. The molecule has 0 fully saturated rings. The first kappa shape index (κ1) is 11.9. The highest BCUT2D eigenvalue weighted by atomic mass is 16.7. The first-order valence-electron chi connectivity index (χ1n) is 6.25. The minimum Gasteiger partial charge on any atom is -0.449 e. The molecule has 0 saturated carbocycles. The summed E-state index contributed by atoms with van der Waals surface area (Å²) in [6, 6.07) is 5.87. The van der Waals surface area contributed by atoms with Crippen LogP contribution in [0.3, 0.4) is 0 Å². The minimum absolute atomic E-state index is 0.579. The molecule has 1 aliphatic rings. The molecule has 5 heteroatoms. The molecule has 2 heterocycles. The van der Waals surface area contributed by atoms with Crippen LogP contribution in [0, 0.1) is 0 Å². The SMILES string of the molecule is Cn1cc(CNc2ccc3c(c2)OC(C)(C)O3)cn1. The molecular formula is C14H17N3O2. The molecule has 0 radical (unpaired) electrons. The smallest absolute Gasteiger partial charge is 0.246 e. The van der Waals surface area contributed by atoms with Gasteiger partial charge >= 0.3 is 0 Å². The van der Waals surface area contributed by atoms with Crippen LogP contribution in [-0.4, -0.2) is 15.6 Å². The van der Waals surface area contributed by atoms with E-state index in [9.17, 15) is 0 Å². The number of ether oxygens (including phenoxy) is 2. The van der Waals surface area contributed by atoms with E-state index in [0.29, 0.717) is 0 Å². The Kier molecular flexibility index (Phi) is 2.62. The van der Waals surface area contributed by atoms with Crippen molar-refractivity contribution in [3.8, 4) is 11.5 Å². The number of nitrogens with one attached hydrogen (secondary N) is 1. The fraction of sp³-hybridized carbons (Fsp3) is 0.357. The van der Waals surface area contributed by atoms with Crippen molar-refractivity contribution in [1.29, 1.82) is 0 Å². The molecule has 0 bridgehead atoms. The molecule has 3 rings (SSSR count). The number of aryl methyl sites for hydroxylation is 1. The Morgan fingerprint density at radius 1 is 1.26 bits per heavy atom. The quantitative estimate of drug-likeness (QED) is 0.920. The Morgan fingerprint density at radius 2 is 2.05 bits per heavy atom. The van der Waals surface area contributed by atoms with Crippen molar-refractivity contribution in [2.45, 2.75) is 26.2 Å².